The Morgan fingerprint density at radius 2 is 2.25 bits per heavy atom. The van der Waals surface area contributed by atoms with Gasteiger partial charge in [0.15, 0.2) is 0 Å². The van der Waals surface area contributed by atoms with Crippen molar-refractivity contribution < 1.29 is 4.79 Å². The van der Waals surface area contributed by atoms with Gasteiger partial charge in [-0.15, -0.1) is 0 Å². The molecule has 1 aromatic rings. The summed E-state index contributed by atoms with van der Waals surface area (Å²) in [6.45, 7) is 4.89. The number of carbonyl (C=O) groups excluding carboxylic acids is 1. The molecule has 0 aliphatic carbocycles. The zero-order chi connectivity index (χ0) is 11.5. The van der Waals surface area contributed by atoms with E-state index in [4.69, 9.17) is 0 Å². The maximum atomic E-state index is 12.0. The van der Waals surface area contributed by atoms with Gasteiger partial charge in [0.25, 0.3) is 0 Å². The summed E-state index contributed by atoms with van der Waals surface area (Å²) in [6, 6.07) is 8.41. The molecule has 16 heavy (non-hydrogen) atoms. The fourth-order valence-corrected chi connectivity index (χ4v) is 2.19. The molecule has 0 bridgehead atoms. The van der Waals surface area contributed by atoms with Crippen LogP contribution in [0.2, 0.25) is 0 Å². The van der Waals surface area contributed by atoms with Gasteiger partial charge in [-0.25, -0.2) is 4.79 Å². The SMILES string of the molecule is CCCNC(=O)N1c2ccccc2C[C@@H]1C. The summed E-state index contributed by atoms with van der Waals surface area (Å²) in [5, 5.41) is 2.93. The Morgan fingerprint density at radius 1 is 1.50 bits per heavy atom. The van der Waals surface area contributed by atoms with Gasteiger partial charge in [0, 0.05) is 18.3 Å². The average molecular weight is 218 g/mol. The molecule has 3 heteroatoms. The molecule has 0 radical (unpaired) electrons. The first-order valence-electron chi connectivity index (χ1n) is 5.89. The maximum absolute atomic E-state index is 12.0. The van der Waals surface area contributed by atoms with Crippen LogP contribution in [0.25, 0.3) is 0 Å². The molecular weight excluding hydrogens is 200 g/mol. The van der Waals surface area contributed by atoms with E-state index in [-0.39, 0.29) is 12.1 Å². The van der Waals surface area contributed by atoms with Crippen LogP contribution in [0.5, 0.6) is 0 Å². The molecule has 1 atom stereocenters. The van der Waals surface area contributed by atoms with Crippen LogP contribution in [0.3, 0.4) is 0 Å². The average Bonchev–Trinajstić information content (AvgIpc) is 2.62. The van der Waals surface area contributed by atoms with E-state index in [2.05, 4.69) is 25.2 Å². The van der Waals surface area contributed by atoms with Crippen LogP contribution in [0.1, 0.15) is 25.8 Å². The Kier molecular flexibility index (Phi) is 3.13. The van der Waals surface area contributed by atoms with Crippen LogP contribution in [0.4, 0.5) is 10.5 Å². The Bertz CT molecular complexity index is 389. The number of rotatable bonds is 2. The number of para-hydroxylation sites is 1. The van der Waals surface area contributed by atoms with Gasteiger partial charge in [0.2, 0.25) is 0 Å². The minimum absolute atomic E-state index is 0.0271. The summed E-state index contributed by atoms with van der Waals surface area (Å²) in [5.74, 6) is 0. The molecule has 2 rings (SSSR count). The second kappa shape index (κ2) is 4.56. The van der Waals surface area contributed by atoms with Gasteiger partial charge in [-0.3, -0.25) is 4.90 Å². The molecule has 0 unspecified atom stereocenters. The van der Waals surface area contributed by atoms with E-state index in [0.29, 0.717) is 0 Å². The smallest absolute Gasteiger partial charge is 0.322 e. The minimum Gasteiger partial charge on any atom is -0.338 e. The highest BCUT2D eigenvalue weighted by atomic mass is 16.2. The quantitative estimate of drug-likeness (QED) is 0.813. The number of anilines is 1. The van der Waals surface area contributed by atoms with Crippen molar-refractivity contribution in [3.8, 4) is 0 Å². The van der Waals surface area contributed by atoms with Crippen LogP contribution >= 0.6 is 0 Å². The van der Waals surface area contributed by atoms with Crippen LogP contribution in [-0.4, -0.2) is 18.6 Å². The second-order valence-corrected chi connectivity index (χ2v) is 4.28. The second-order valence-electron chi connectivity index (χ2n) is 4.28. The molecule has 1 heterocycles. The summed E-state index contributed by atoms with van der Waals surface area (Å²) in [7, 11) is 0. The molecule has 0 saturated carbocycles. The molecule has 1 aliphatic heterocycles. The molecule has 86 valence electrons. The lowest BCUT2D eigenvalue weighted by atomic mass is 10.1. The fraction of sp³-hybridized carbons (Fsp3) is 0.462. The predicted octanol–water partition coefficient (Wildman–Crippen LogP) is 2.56. The Morgan fingerprint density at radius 3 is 3.00 bits per heavy atom. The van der Waals surface area contributed by atoms with Gasteiger partial charge in [-0.2, -0.15) is 0 Å². The maximum Gasteiger partial charge on any atom is 0.322 e. The summed E-state index contributed by atoms with van der Waals surface area (Å²) in [6.07, 6.45) is 1.92. The van der Waals surface area contributed by atoms with Crippen LogP contribution < -0.4 is 10.2 Å². The zero-order valence-electron chi connectivity index (χ0n) is 9.86. The van der Waals surface area contributed by atoms with Gasteiger partial charge in [0.05, 0.1) is 0 Å². The van der Waals surface area contributed by atoms with Crippen LogP contribution in [0, 0.1) is 0 Å². The number of nitrogens with zero attached hydrogens (tertiary/aromatic N) is 1. The topological polar surface area (TPSA) is 32.3 Å². The van der Waals surface area contributed by atoms with E-state index < -0.39 is 0 Å². The van der Waals surface area contributed by atoms with Gasteiger partial charge in [0.1, 0.15) is 0 Å². The van der Waals surface area contributed by atoms with Gasteiger partial charge in [-0.05, 0) is 31.4 Å². The number of benzene rings is 1. The third-order valence-electron chi connectivity index (χ3n) is 2.95. The highest BCUT2D eigenvalue weighted by Gasteiger charge is 2.29. The van der Waals surface area contributed by atoms with E-state index in [1.54, 1.807) is 0 Å². The normalized spacial score (nSPS) is 18.4. The van der Waals surface area contributed by atoms with E-state index in [9.17, 15) is 4.79 Å². The number of urea groups is 1. The first kappa shape index (κ1) is 11.0. The Labute approximate surface area is 96.5 Å². The Hall–Kier alpha value is -1.51. The van der Waals surface area contributed by atoms with E-state index in [1.165, 1.54) is 5.56 Å². The standard InChI is InChI=1S/C13H18N2O/c1-3-8-14-13(16)15-10(2)9-11-6-4-5-7-12(11)15/h4-7,10H,3,8-9H2,1-2H3,(H,14,16)/t10-/m0/s1. The zero-order valence-corrected chi connectivity index (χ0v) is 9.86. The molecule has 0 fully saturated rings. The van der Waals surface area contributed by atoms with Gasteiger partial charge in [-0.1, -0.05) is 25.1 Å². The molecule has 0 spiro atoms. The lowest BCUT2D eigenvalue weighted by Crippen LogP contribution is -2.43. The van der Waals surface area contributed by atoms with Crippen molar-refractivity contribution in [3.05, 3.63) is 29.8 Å². The molecule has 1 aromatic carbocycles. The number of nitrogens with one attached hydrogen (secondary N) is 1. The predicted molar refractivity (Wildman–Crippen MR) is 65.8 cm³/mol. The van der Waals surface area contributed by atoms with Gasteiger partial charge < -0.3 is 5.32 Å². The van der Waals surface area contributed by atoms with Crippen molar-refractivity contribution in [2.45, 2.75) is 32.7 Å². The molecule has 1 N–H and O–H groups in total. The van der Waals surface area contributed by atoms with Crippen molar-refractivity contribution >= 4 is 11.7 Å². The monoisotopic (exact) mass is 218 g/mol. The number of carbonyl (C=O) groups is 1. The summed E-state index contributed by atoms with van der Waals surface area (Å²) >= 11 is 0. The highest BCUT2D eigenvalue weighted by Crippen LogP contribution is 2.31. The third-order valence-corrected chi connectivity index (χ3v) is 2.95. The van der Waals surface area contributed by atoms with Gasteiger partial charge >= 0.3 is 6.03 Å². The number of amides is 2. The first-order valence-corrected chi connectivity index (χ1v) is 5.89. The summed E-state index contributed by atoms with van der Waals surface area (Å²) in [5.41, 5.74) is 2.32. The minimum atomic E-state index is 0.0271. The summed E-state index contributed by atoms with van der Waals surface area (Å²) in [4.78, 5) is 13.9. The molecule has 0 aromatic heterocycles. The van der Waals surface area contributed by atoms with Crippen molar-refractivity contribution in [1.29, 1.82) is 0 Å². The van der Waals surface area contributed by atoms with Crippen molar-refractivity contribution in [1.82, 2.24) is 5.32 Å². The van der Waals surface area contributed by atoms with Crippen molar-refractivity contribution in [3.63, 3.8) is 0 Å². The van der Waals surface area contributed by atoms with Crippen LogP contribution in [-0.2, 0) is 6.42 Å². The first-order chi connectivity index (χ1) is 7.74. The molecule has 3 nitrogen and oxygen atoms in total. The molecule has 0 saturated heterocycles. The molecule has 1 aliphatic rings. The van der Waals surface area contributed by atoms with E-state index in [1.807, 2.05) is 23.1 Å². The van der Waals surface area contributed by atoms with Crippen molar-refractivity contribution in [2.75, 3.05) is 11.4 Å². The largest absolute Gasteiger partial charge is 0.338 e. The molecule has 2 amide bonds. The lowest BCUT2D eigenvalue weighted by molar-refractivity contribution is 0.245. The summed E-state index contributed by atoms with van der Waals surface area (Å²) < 4.78 is 0. The lowest BCUT2D eigenvalue weighted by Gasteiger charge is -2.22. The van der Waals surface area contributed by atoms with Crippen LogP contribution in [0.15, 0.2) is 24.3 Å². The van der Waals surface area contributed by atoms with E-state index >= 15 is 0 Å². The third kappa shape index (κ3) is 1.90. The van der Waals surface area contributed by atoms with Crippen molar-refractivity contribution in [2.24, 2.45) is 0 Å². The highest BCUT2D eigenvalue weighted by molar-refractivity contribution is 5.94. The number of fused-ring (bicyclic) bond motifs is 1. The Balaban J connectivity index is 2.18. The molecular formula is C13H18N2O. The van der Waals surface area contributed by atoms with E-state index in [0.717, 1.165) is 25.1 Å². The number of hydrogen-bond donors (Lipinski definition) is 1. The fourth-order valence-electron chi connectivity index (χ4n) is 2.19. The number of hydrogen-bond acceptors (Lipinski definition) is 1.